The second-order valence-corrected chi connectivity index (χ2v) is 6.86. The van der Waals surface area contributed by atoms with Crippen LogP contribution in [0.5, 0.6) is 0 Å². The second kappa shape index (κ2) is 11.2. The van der Waals surface area contributed by atoms with Crippen LogP contribution >= 0.6 is 0 Å². The molecule has 1 amide bonds. The van der Waals surface area contributed by atoms with Crippen molar-refractivity contribution in [2.24, 2.45) is 10.9 Å². The average Bonchev–Trinajstić information content (AvgIpc) is 3.44. The van der Waals surface area contributed by atoms with Crippen molar-refractivity contribution in [2.75, 3.05) is 45.9 Å². The van der Waals surface area contributed by atoms with E-state index in [0.717, 1.165) is 38.4 Å². The van der Waals surface area contributed by atoms with Crippen LogP contribution in [-0.2, 0) is 4.74 Å². The highest BCUT2D eigenvalue weighted by atomic mass is 16.5. The highest BCUT2D eigenvalue weighted by Gasteiger charge is 2.32. The Hall–Kier alpha value is -1.50. The van der Waals surface area contributed by atoms with E-state index in [-0.39, 0.29) is 12.1 Å². The highest BCUT2D eigenvalue weighted by molar-refractivity contribution is 5.79. The standard InChI is InChI=1S/C18H35N5O2/c1-3-19-17(20-10-13-23-11-6-5-7-12-23)21-14-16(15-8-9-15)22-18(24)25-4-2/h15-16H,3-14H2,1-2H3,(H,22,24)(H2,19,20,21). The average molecular weight is 354 g/mol. The molecule has 1 aliphatic carbocycles. The molecule has 0 spiro atoms. The SMILES string of the molecule is CCNC(=NCC(NC(=O)OCC)C1CC1)NCCN1CCCCC1. The number of rotatable bonds is 9. The number of nitrogens with zero attached hydrogens (tertiary/aromatic N) is 2. The third kappa shape index (κ3) is 7.94. The lowest BCUT2D eigenvalue weighted by atomic mass is 10.1. The number of amides is 1. The highest BCUT2D eigenvalue weighted by Crippen LogP contribution is 2.32. The Balaban J connectivity index is 1.76. The van der Waals surface area contributed by atoms with Gasteiger partial charge in [-0.15, -0.1) is 0 Å². The van der Waals surface area contributed by atoms with Gasteiger partial charge in [0.05, 0.1) is 19.2 Å². The molecular formula is C18H35N5O2. The molecule has 7 heteroatoms. The maximum absolute atomic E-state index is 11.7. The lowest BCUT2D eigenvalue weighted by Gasteiger charge is -2.26. The van der Waals surface area contributed by atoms with Gasteiger partial charge in [-0.1, -0.05) is 6.42 Å². The van der Waals surface area contributed by atoms with E-state index in [9.17, 15) is 4.79 Å². The minimum atomic E-state index is -0.336. The first-order chi connectivity index (χ1) is 12.2. The molecule has 1 saturated heterocycles. The van der Waals surface area contributed by atoms with Crippen LogP contribution in [0.1, 0.15) is 46.0 Å². The molecule has 7 nitrogen and oxygen atoms in total. The quantitative estimate of drug-likeness (QED) is 0.433. The minimum Gasteiger partial charge on any atom is -0.450 e. The number of guanidine groups is 1. The zero-order valence-electron chi connectivity index (χ0n) is 15.9. The van der Waals surface area contributed by atoms with Gasteiger partial charge in [-0.05, 0) is 58.5 Å². The summed E-state index contributed by atoms with van der Waals surface area (Å²) >= 11 is 0. The molecule has 1 atom stereocenters. The second-order valence-electron chi connectivity index (χ2n) is 6.86. The van der Waals surface area contributed by atoms with Crippen molar-refractivity contribution in [1.82, 2.24) is 20.9 Å². The number of aliphatic imine (C=N–C) groups is 1. The summed E-state index contributed by atoms with van der Waals surface area (Å²) in [7, 11) is 0. The number of likely N-dealkylation sites (tertiary alicyclic amines) is 1. The van der Waals surface area contributed by atoms with Crippen LogP contribution in [0.2, 0.25) is 0 Å². The summed E-state index contributed by atoms with van der Waals surface area (Å²) < 4.78 is 5.00. The summed E-state index contributed by atoms with van der Waals surface area (Å²) in [6.45, 7) is 10.1. The molecular weight excluding hydrogens is 318 g/mol. The molecule has 0 radical (unpaired) electrons. The zero-order chi connectivity index (χ0) is 17.9. The molecule has 3 N–H and O–H groups in total. The van der Waals surface area contributed by atoms with E-state index in [0.29, 0.717) is 19.1 Å². The molecule has 144 valence electrons. The van der Waals surface area contributed by atoms with E-state index >= 15 is 0 Å². The third-order valence-corrected chi connectivity index (χ3v) is 4.73. The Bertz CT molecular complexity index is 420. The first kappa shape index (κ1) is 19.8. The van der Waals surface area contributed by atoms with E-state index in [1.807, 2.05) is 6.92 Å². The van der Waals surface area contributed by atoms with Crippen molar-refractivity contribution in [3.8, 4) is 0 Å². The number of ether oxygens (including phenoxy) is 1. The molecule has 1 heterocycles. The topological polar surface area (TPSA) is 78.0 Å². The van der Waals surface area contributed by atoms with Crippen LogP contribution in [0, 0.1) is 5.92 Å². The fourth-order valence-corrected chi connectivity index (χ4v) is 3.18. The van der Waals surface area contributed by atoms with Gasteiger partial charge in [0.25, 0.3) is 0 Å². The number of nitrogens with one attached hydrogen (secondary N) is 3. The van der Waals surface area contributed by atoms with E-state index in [2.05, 4.69) is 32.8 Å². The predicted octanol–water partition coefficient (Wildman–Crippen LogP) is 1.55. The van der Waals surface area contributed by atoms with Crippen molar-refractivity contribution < 1.29 is 9.53 Å². The molecule has 0 bridgehead atoms. The normalized spacial score (nSPS) is 20.0. The van der Waals surface area contributed by atoms with Gasteiger partial charge in [-0.25, -0.2) is 4.79 Å². The minimum absolute atomic E-state index is 0.0663. The molecule has 2 aliphatic rings. The van der Waals surface area contributed by atoms with E-state index in [4.69, 9.17) is 4.74 Å². The lowest BCUT2D eigenvalue weighted by Crippen LogP contribution is -2.44. The summed E-state index contributed by atoms with van der Waals surface area (Å²) in [5.41, 5.74) is 0. The fraction of sp³-hybridized carbons (Fsp3) is 0.889. The molecule has 1 unspecified atom stereocenters. The van der Waals surface area contributed by atoms with Gasteiger partial charge in [0.15, 0.2) is 5.96 Å². The van der Waals surface area contributed by atoms with E-state index in [1.54, 1.807) is 0 Å². The molecule has 0 aromatic heterocycles. The number of carbonyl (C=O) groups is 1. The summed E-state index contributed by atoms with van der Waals surface area (Å²) in [5, 5.41) is 9.66. The number of alkyl carbamates (subject to hydrolysis) is 1. The number of hydrogen-bond acceptors (Lipinski definition) is 4. The van der Waals surface area contributed by atoms with Crippen molar-refractivity contribution in [1.29, 1.82) is 0 Å². The molecule has 0 aromatic rings. The maximum atomic E-state index is 11.7. The van der Waals surface area contributed by atoms with E-state index < -0.39 is 0 Å². The van der Waals surface area contributed by atoms with Gasteiger partial charge in [0, 0.05) is 19.6 Å². The monoisotopic (exact) mass is 353 g/mol. The van der Waals surface area contributed by atoms with Crippen molar-refractivity contribution in [2.45, 2.75) is 52.0 Å². The van der Waals surface area contributed by atoms with Crippen LogP contribution in [0.4, 0.5) is 4.79 Å². The molecule has 2 rings (SSSR count). The van der Waals surface area contributed by atoms with Crippen molar-refractivity contribution >= 4 is 12.1 Å². The van der Waals surface area contributed by atoms with Crippen LogP contribution < -0.4 is 16.0 Å². The van der Waals surface area contributed by atoms with Gasteiger partial charge < -0.3 is 25.6 Å². The van der Waals surface area contributed by atoms with Gasteiger partial charge in [-0.2, -0.15) is 0 Å². The summed E-state index contributed by atoms with van der Waals surface area (Å²) in [6.07, 6.45) is 5.98. The van der Waals surface area contributed by atoms with Crippen LogP contribution in [-0.4, -0.2) is 68.9 Å². The Labute approximate surface area is 152 Å². The molecule has 1 aliphatic heterocycles. The van der Waals surface area contributed by atoms with Crippen molar-refractivity contribution in [3.63, 3.8) is 0 Å². The molecule has 1 saturated carbocycles. The predicted molar refractivity (Wildman–Crippen MR) is 101 cm³/mol. The summed E-state index contributed by atoms with van der Waals surface area (Å²) in [5.74, 6) is 1.36. The van der Waals surface area contributed by atoms with Crippen LogP contribution in [0.15, 0.2) is 4.99 Å². The lowest BCUT2D eigenvalue weighted by molar-refractivity contribution is 0.147. The summed E-state index contributed by atoms with van der Waals surface area (Å²) in [4.78, 5) is 18.9. The Morgan fingerprint density at radius 2 is 1.96 bits per heavy atom. The fourth-order valence-electron chi connectivity index (χ4n) is 3.18. The van der Waals surface area contributed by atoms with Gasteiger partial charge in [0.2, 0.25) is 0 Å². The Morgan fingerprint density at radius 3 is 2.60 bits per heavy atom. The number of piperidine rings is 1. The Kier molecular flexibility index (Phi) is 8.86. The van der Waals surface area contributed by atoms with Crippen LogP contribution in [0.3, 0.4) is 0 Å². The summed E-state index contributed by atoms with van der Waals surface area (Å²) in [6, 6.07) is 0.0663. The van der Waals surface area contributed by atoms with Crippen LogP contribution in [0.25, 0.3) is 0 Å². The number of carbonyl (C=O) groups excluding carboxylic acids is 1. The third-order valence-electron chi connectivity index (χ3n) is 4.73. The Morgan fingerprint density at radius 1 is 1.20 bits per heavy atom. The van der Waals surface area contributed by atoms with Gasteiger partial charge >= 0.3 is 6.09 Å². The smallest absolute Gasteiger partial charge is 0.407 e. The number of hydrogen-bond donors (Lipinski definition) is 3. The maximum Gasteiger partial charge on any atom is 0.407 e. The first-order valence-electron chi connectivity index (χ1n) is 9.90. The first-order valence-corrected chi connectivity index (χ1v) is 9.90. The molecule has 2 fully saturated rings. The van der Waals surface area contributed by atoms with Gasteiger partial charge in [-0.3, -0.25) is 4.99 Å². The van der Waals surface area contributed by atoms with Gasteiger partial charge in [0.1, 0.15) is 0 Å². The molecule has 25 heavy (non-hydrogen) atoms. The molecule has 0 aromatic carbocycles. The van der Waals surface area contributed by atoms with E-state index in [1.165, 1.54) is 32.4 Å². The zero-order valence-corrected chi connectivity index (χ0v) is 15.9. The van der Waals surface area contributed by atoms with Crippen molar-refractivity contribution in [3.05, 3.63) is 0 Å². The largest absolute Gasteiger partial charge is 0.450 e.